The summed E-state index contributed by atoms with van der Waals surface area (Å²) in [5, 5.41) is 0. The molecule has 1 aromatic carbocycles. The van der Waals surface area contributed by atoms with E-state index in [1.165, 1.54) is 7.11 Å². The molecule has 3 rings (SSSR count). The fourth-order valence-electron chi connectivity index (χ4n) is 2.74. The quantitative estimate of drug-likeness (QED) is 0.803. The van der Waals surface area contributed by atoms with E-state index in [0.29, 0.717) is 30.7 Å². The first-order valence-corrected chi connectivity index (χ1v) is 7.26. The monoisotopic (exact) mass is 325 g/mol. The minimum Gasteiger partial charge on any atom is -0.467 e. The Morgan fingerprint density at radius 3 is 3.00 bits per heavy atom. The van der Waals surface area contributed by atoms with Crippen molar-refractivity contribution < 1.29 is 23.0 Å². The number of esters is 1. The molecule has 0 spiro atoms. The highest BCUT2D eigenvalue weighted by Gasteiger charge is 2.29. The van der Waals surface area contributed by atoms with Gasteiger partial charge < -0.3 is 9.47 Å². The molecule has 0 radical (unpaired) electrons. The van der Waals surface area contributed by atoms with E-state index in [4.69, 9.17) is 4.74 Å². The number of hydrogen-bond donors (Lipinski definition) is 0. The molecule has 1 saturated heterocycles. The molecule has 0 aliphatic carbocycles. The Bertz CT molecular complexity index is 704. The number of ether oxygens (including phenoxy) is 2. The second-order valence-electron chi connectivity index (χ2n) is 5.28. The van der Waals surface area contributed by atoms with Gasteiger partial charge in [-0.25, -0.2) is 9.78 Å². The number of carbonyl (C=O) groups is 1. The average molecular weight is 325 g/mol. The molecule has 1 aliphatic heterocycles. The van der Waals surface area contributed by atoms with Crippen LogP contribution in [0.4, 0.5) is 8.78 Å². The molecule has 0 bridgehead atoms. The van der Waals surface area contributed by atoms with E-state index >= 15 is 0 Å². The molecule has 23 heavy (non-hydrogen) atoms. The first-order valence-electron chi connectivity index (χ1n) is 7.26. The fraction of sp³-hybridized carbons (Fsp3) is 0.467. The van der Waals surface area contributed by atoms with Crippen molar-refractivity contribution in [2.24, 2.45) is 0 Å². The minimum atomic E-state index is -2.67. The molecule has 2 heterocycles. The van der Waals surface area contributed by atoms with Gasteiger partial charge in [0.2, 0.25) is 0 Å². The van der Waals surface area contributed by atoms with Gasteiger partial charge in [-0.15, -0.1) is 0 Å². The fourth-order valence-corrected chi connectivity index (χ4v) is 2.74. The maximum absolute atomic E-state index is 13.4. The number of carbonyl (C=O) groups excluding carboxylic acids is 1. The average Bonchev–Trinajstić information content (AvgIpc) is 2.92. The van der Waals surface area contributed by atoms with E-state index in [0.717, 1.165) is 4.57 Å². The summed E-state index contributed by atoms with van der Waals surface area (Å²) in [6.07, 6.45) is -0.696. The van der Waals surface area contributed by atoms with Crippen molar-refractivity contribution in [3.8, 4) is 0 Å². The minimum absolute atomic E-state index is 0.218. The van der Waals surface area contributed by atoms with Gasteiger partial charge in [-0.1, -0.05) is 12.1 Å². The number of imidazole rings is 1. The normalized spacial score (nSPS) is 19.4. The van der Waals surface area contributed by atoms with Crippen molar-refractivity contribution in [2.75, 3.05) is 26.8 Å². The number of morpholine rings is 1. The van der Waals surface area contributed by atoms with Gasteiger partial charge in [0.1, 0.15) is 5.82 Å². The van der Waals surface area contributed by atoms with Gasteiger partial charge in [-0.3, -0.25) is 9.47 Å². The number of hydrogen-bond acceptors (Lipinski definition) is 5. The third-order valence-electron chi connectivity index (χ3n) is 3.84. The highest BCUT2D eigenvalue weighted by atomic mass is 19.3. The van der Waals surface area contributed by atoms with Crippen LogP contribution in [0.15, 0.2) is 24.3 Å². The van der Waals surface area contributed by atoms with Gasteiger partial charge in [0, 0.05) is 13.1 Å². The third kappa shape index (κ3) is 3.18. The molecule has 1 aromatic heterocycles. The van der Waals surface area contributed by atoms with Crippen molar-refractivity contribution in [2.45, 2.75) is 19.2 Å². The van der Waals surface area contributed by atoms with Crippen molar-refractivity contribution >= 4 is 17.0 Å². The number of alkyl halides is 2. The lowest BCUT2D eigenvalue weighted by Gasteiger charge is -2.31. The van der Waals surface area contributed by atoms with Crippen LogP contribution >= 0.6 is 0 Å². The Morgan fingerprint density at radius 1 is 1.48 bits per heavy atom. The predicted molar refractivity (Wildman–Crippen MR) is 78.0 cm³/mol. The Hall–Kier alpha value is -2.06. The first kappa shape index (κ1) is 15.8. The summed E-state index contributed by atoms with van der Waals surface area (Å²) in [5.74, 6) is -0.191. The van der Waals surface area contributed by atoms with Crippen molar-refractivity contribution in [3.05, 3.63) is 30.1 Å². The van der Waals surface area contributed by atoms with Crippen LogP contribution in [-0.4, -0.2) is 53.3 Å². The molecule has 0 N–H and O–H groups in total. The van der Waals surface area contributed by atoms with Crippen molar-refractivity contribution in [3.63, 3.8) is 0 Å². The number of aromatic nitrogens is 2. The molecular formula is C15H17F2N3O3. The van der Waals surface area contributed by atoms with Crippen LogP contribution in [0.3, 0.4) is 0 Å². The van der Waals surface area contributed by atoms with Gasteiger partial charge in [-0.2, -0.15) is 8.78 Å². The number of rotatable bonds is 4. The number of halogens is 2. The molecule has 1 fully saturated rings. The van der Waals surface area contributed by atoms with Crippen LogP contribution in [0.25, 0.3) is 11.0 Å². The summed E-state index contributed by atoms with van der Waals surface area (Å²) in [5.41, 5.74) is 0.927. The largest absolute Gasteiger partial charge is 0.467 e. The number of benzene rings is 1. The summed E-state index contributed by atoms with van der Waals surface area (Å²) in [7, 11) is 1.29. The van der Waals surface area contributed by atoms with Crippen LogP contribution in [0.1, 0.15) is 12.4 Å². The highest BCUT2D eigenvalue weighted by Crippen LogP contribution is 2.24. The summed E-state index contributed by atoms with van der Waals surface area (Å²) >= 11 is 0. The van der Waals surface area contributed by atoms with Crippen LogP contribution in [0.5, 0.6) is 0 Å². The smallest absolute Gasteiger partial charge is 0.336 e. The van der Waals surface area contributed by atoms with Crippen LogP contribution in [0, 0.1) is 0 Å². The second kappa shape index (κ2) is 6.59. The van der Waals surface area contributed by atoms with E-state index in [-0.39, 0.29) is 12.4 Å². The Labute approximate surface area is 131 Å². The van der Waals surface area contributed by atoms with Gasteiger partial charge in [0.25, 0.3) is 0 Å². The summed E-state index contributed by atoms with van der Waals surface area (Å²) in [4.78, 5) is 17.7. The number of methoxy groups -OCH3 is 1. The lowest BCUT2D eigenvalue weighted by Crippen LogP contribution is -2.46. The summed E-state index contributed by atoms with van der Waals surface area (Å²) in [6, 6.07) is 6.79. The second-order valence-corrected chi connectivity index (χ2v) is 5.28. The van der Waals surface area contributed by atoms with Crippen LogP contribution < -0.4 is 0 Å². The number of nitrogens with zero attached hydrogens (tertiary/aromatic N) is 3. The maximum atomic E-state index is 13.4. The van der Waals surface area contributed by atoms with E-state index in [1.54, 1.807) is 24.3 Å². The van der Waals surface area contributed by atoms with Crippen molar-refractivity contribution in [1.29, 1.82) is 0 Å². The molecule has 0 amide bonds. The third-order valence-corrected chi connectivity index (χ3v) is 3.84. The lowest BCUT2D eigenvalue weighted by molar-refractivity contribution is -0.160. The molecule has 124 valence electrons. The van der Waals surface area contributed by atoms with E-state index in [2.05, 4.69) is 9.72 Å². The standard InChI is InChI=1S/C15H17F2N3O3/c1-22-14(21)12-8-19(6-7-23-12)9-13-18-10-4-2-3-5-11(10)20(13)15(16)17/h2-5,12,15H,6-9H2,1H3/t12-/m1/s1. The zero-order valence-corrected chi connectivity index (χ0v) is 12.6. The van der Waals surface area contributed by atoms with Crippen LogP contribution in [0.2, 0.25) is 0 Å². The first-order chi connectivity index (χ1) is 11.1. The van der Waals surface area contributed by atoms with Gasteiger partial charge in [0.05, 0.1) is 31.3 Å². The zero-order chi connectivity index (χ0) is 16.4. The molecule has 2 aromatic rings. The Kier molecular flexibility index (Phi) is 4.53. The van der Waals surface area contributed by atoms with E-state index in [1.807, 2.05) is 4.90 Å². The number of fused-ring (bicyclic) bond motifs is 1. The molecular weight excluding hydrogens is 308 g/mol. The van der Waals surface area contributed by atoms with E-state index in [9.17, 15) is 13.6 Å². The molecule has 1 aliphatic rings. The zero-order valence-electron chi connectivity index (χ0n) is 12.6. The topological polar surface area (TPSA) is 56.6 Å². The summed E-state index contributed by atoms with van der Waals surface area (Å²) in [6.45, 7) is -1.28. The molecule has 1 atom stereocenters. The molecule has 0 saturated carbocycles. The van der Waals surface area contributed by atoms with Gasteiger partial charge in [0.15, 0.2) is 6.10 Å². The maximum Gasteiger partial charge on any atom is 0.336 e. The Balaban J connectivity index is 1.83. The molecule has 6 nitrogen and oxygen atoms in total. The van der Waals surface area contributed by atoms with Gasteiger partial charge in [-0.05, 0) is 12.1 Å². The Morgan fingerprint density at radius 2 is 2.26 bits per heavy atom. The molecule has 8 heteroatoms. The van der Waals surface area contributed by atoms with Gasteiger partial charge >= 0.3 is 12.5 Å². The van der Waals surface area contributed by atoms with E-state index < -0.39 is 18.6 Å². The highest BCUT2D eigenvalue weighted by molar-refractivity contribution is 5.76. The number of para-hydroxylation sites is 2. The SMILES string of the molecule is COC(=O)[C@H]1CN(Cc2nc3ccccc3n2C(F)F)CCO1. The summed E-state index contributed by atoms with van der Waals surface area (Å²) < 4.78 is 37.8. The lowest BCUT2D eigenvalue weighted by atomic mass is 10.2. The molecule has 0 unspecified atom stereocenters. The van der Waals surface area contributed by atoms with Crippen LogP contribution in [-0.2, 0) is 20.8 Å². The predicted octanol–water partition coefficient (Wildman–Crippen LogP) is 1.81. The van der Waals surface area contributed by atoms with Crippen molar-refractivity contribution in [1.82, 2.24) is 14.5 Å².